The van der Waals surface area contributed by atoms with Gasteiger partial charge in [0.05, 0.1) is 32.8 Å². The van der Waals surface area contributed by atoms with Crippen molar-refractivity contribution < 1.29 is 24.3 Å². The number of carbonyl (C=O) groups is 2. The summed E-state index contributed by atoms with van der Waals surface area (Å²) in [6, 6.07) is 10.5. The molecule has 0 saturated carbocycles. The molecule has 1 saturated heterocycles. The molecule has 0 aliphatic carbocycles. The summed E-state index contributed by atoms with van der Waals surface area (Å²) < 4.78 is 5.63. The maximum absolute atomic E-state index is 13.5. The predicted molar refractivity (Wildman–Crippen MR) is 127 cm³/mol. The number of hydrogen-bond acceptors (Lipinski definition) is 4. The summed E-state index contributed by atoms with van der Waals surface area (Å²) in [5, 5.41) is 14.2. The largest absolute Gasteiger partial charge is 0.872 e. The van der Waals surface area contributed by atoms with Gasteiger partial charge in [0.2, 0.25) is 5.78 Å². The first kappa shape index (κ1) is 25.1. The summed E-state index contributed by atoms with van der Waals surface area (Å²) in [7, 11) is 4.02. The molecule has 0 aromatic heterocycles. The Morgan fingerprint density at radius 2 is 1.79 bits per heavy atom. The quantitative estimate of drug-likeness (QED) is 0.350. The Morgan fingerprint density at radius 3 is 2.36 bits per heavy atom. The SMILES string of the molecule is CC(C)Oc1ccc(/C([O-])=C2\C(=O)C(=O)N(CCC[NH+](C)C)C2c2ccc(Cl)cc2Cl)cc1. The Hall–Kier alpha value is -2.54. The third-order valence-electron chi connectivity index (χ3n) is 5.35. The number of ketones is 1. The van der Waals surface area contributed by atoms with Crippen LogP contribution in [0.5, 0.6) is 5.75 Å². The molecule has 6 nitrogen and oxygen atoms in total. The summed E-state index contributed by atoms with van der Waals surface area (Å²) in [4.78, 5) is 28.7. The van der Waals surface area contributed by atoms with Gasteiger partial charge < -0.3 is 19.6 Å². The highest BCUT2D eigenvalue weighted by Crippen LogP contribution is 2.42. The molecular weight excluding hydrogens is 463 g/mol. The molecule has 3 rings (SSSR count). The molecule has 33 heavy (non-hydrogen) atoms. The highest BCUT2D eigenvalue weighted by molar-refractivity contribution is 6.47. The topological polar surface area (TPSA) is 74.1 Å². The van der Waals surface area contributed by atoms with Crippen molar-refractivity contribution >= 4 is 40.7 Å². The van der Waals surface area contributed by atoms with Crippen LogP contribution >= 0.6 is 23.2 Å². The number of hydrogen-bond donors (Lipinski definition) is 1. The molecule has 1 heterocycles. The fourth-order valence-corrected chi connectivity index (χ4v) is 4.37. The third kappa shape index (κ3) is 5.69. The highest BCUT2D eigenvalue weighted by atomic mass is 35.5. The summed E-state index contributed by atoms with van der Waals surface area (Å²) in [5.74, 6) is -1.37. The predicted octanol–water partition coefficient (Wildman–Crippen LogP) is 2.54. The Bertz CT molecular complexity index is 1060. The van der Waals surface area contributed by atoms with Gasteiger partial charge in [-0.2, -0.15) is 0 Å². The van der Waals surface area contributed by atoms with Crippen molar-refractivity contribution in [2.45, 2.75) is 32.4 Å². The van der Waals surface area contributed by atoms with Crippen LogP contribution in [0.3, 0.4) is 0 Å². The molecule has 1 unspecified atom stereocenters. The first-order chi connectivity index (χ1) is 15.6. The number of benzene rings is 2. The molecule has 2 aromatic rings. The van der Waals surface area contributed by atoms with E-state index >= 15 is 0 Å². The number of likely N-dealkylation sites (tertiary alicyclic amines) is 1. The summed E-state index contributed by atoms with van der Waals surface area (Å²) >= 11 is 12.5. The zero-order valence-corrected chi connectivity index (χ0v) is 20.7. The van der Waals surface area contributed by atoms with E-state index in [2.05, 4.69) is 0 Å². The van der Waals surface area contributed by atoms with E-state index in [1.807, 2.05) is 27.9 Å². The summed E-state index contributed by atoms with van der Waals surface area (Å²) in [5.41, 5.74) is 0.705. The third-order valence-corrected chi connectivity index (χ3v) is 5.91. The molecule has 1 atom stereocenters. The lowest BCUT2D eigenvalue weighted by atomic mass is 9.95. The van der Waals surface area contributed by atoms with Crippen molar-refractivity contribution in [3.05, 3.63) is 69.2 Å². The van der Waals surface area contributed by atoms with Crippen molar-refractivity contribution in [1.82, 2.24) is 4.90 Å². The van der Waals surface area contributed by atoms with Gasteiger partial charge in [-0.05, 0) is 49.2 Å². The number of carbonyl (C=O) groups excluding carboxylic acids is 2. The maximum Gasteiger partial charge on any atom is 0.295 e. The van der Waals surface area contributed by atoms with Crippen LogP contribution in [0, 0.1) is 0 Å². The van der Waals surface area contributed by atoms with Gasteiger partial charge in [0.1, 0.15) is 5.75 Å². The van der Waals surface area contributed by atoms with E-state index in [1.54, 1.807) is 42.5 Å². The maximum atomic E-state index is 13.5. The molecule has 1 aliphatic rings. The molecule has 1 aliphatic heterocycles. The zero-order valence-electron chi connectivity index (χ0n) is 19.2. The van der Waals surface area contributed by atoms with Gasteiger partial charge in [-0.1, -0.05) is 47.2 Å². The first-order valence-corrected chi connectivity index (χ1v) is 11.6. The summed E-state index contributed by atoms with van der Waals surface area (Å²) in [6.07, 6.45) is 0.662. The molecule has 1 amide bonds. The Kier molecular flexibility index (Phi) is 8.05. The first-order valence-electron chi connectivity index (χ1n) is 10.9. The van der Waals surface area contributed by atoms with Gasteiger partial charge in [0, 0.05) is 28.6 Å². The second-order valence-electron chi connectivity index (χ2n) is 8.64. The molecule has 0 bridgehead atoms. The van der Waals surface area contributed by atoms with Gasteiger partial charge in [-0.3, -0.25) is 9.59 Å². The number of nitrogens with one attached hydrogen (secondary N) is 1. The molecule has 0 radical (unpaired) electrons. The number of nitrogens with zero attached hydrogens (tertiary/aromatic N) is 1. The number of ether oxygens (including phenoxy) is 1. The fraction of sp³-hybridized carbons (Fsp3) is 0.360. The molecule has 0 spiro atoms. The minimum absolute atomic E-state index is 0.0102. The zero-order chi connectivity index (χ0) is 24.3. The second kappa shape index (κ2) is 10.6. The van der Waals surface area contributed by atoms with Crippen LogP contribution in [0.2, 0.25) is 10.0 Å². The number of halogens is 2. The molecule has 1 N–H and O–H groups in total. The van der Waals surface area contributed by atoms with Crippen molar-refractivity contribution in [3.63, 3.8) is 0 Å². The van der Waals surface area contributed by atoms with Gasteiger partial charge in [-0.15, -0.1) is 0 Å². The molecular formula is C25H28Cl2N2O4. The van der Waals surface area contributed by atoms with Crippen molar-refractivity contribution in [2.75, 3.05) is 27.2 Å². The van der Waals surface area contributed by atoms with E-state index in [1.165, 1.54) is 9.80 Å². The van der Waals surface area contributed by atoms with Gasteiger partial charge in [-0.25, -0.2) is 0 Å². The number of rotatable bonds is 8. The summed E-state index contributed by atoms with van der Waals surface area (Å²) in [6.45, 7) is 4.95. The normalized spacial score (nSPS) is 17.9. The smallest absolute Gasteiger partial charge is 0.295 e. The Balaban J connectivity index is 2.08. The standard InChI is InChI=1S/C25H28Cl2N2O4/c1-15(2)33-18-9-6-16(7-10-18)23(30)21-22(19-11-8-17(26)14-20(19)27)29(25(32)24(21)31)13-5-12-28(3)4/h6-11,14-15,22,30H,5,12-13H2,1-4H3/b23-21+. The fourth-order valence-electron chi connectivity index (χ4n) is 3.86. The molecule has 176 valence electrons. The van der Waals surface area contributed by atoms with Gasteiger partial charge in [0.15, 0.2) is 0 Å². The average Bonchev–Trinajstić information content (AvgIpc) is 2.98. The highest BCUT2D eigenvalue weighted by Gasteiger charge is 2.44. The van der Waals surface area contributed by atoms with Crippen molar-refractivity contribution in [2.24, 2.45) is 0 Å². The van der Waals surface area contributed by atoms with Crippen LogP contribution < -0.4 is 14.7 Å². The van der Waals surface area contributed by atoms with E-state index < -0.39 is 23.5 Å². The lowest BCUT2D eigenvalue weighted by molar-refractivity contribution is -0.858. The lowest BCUT2D eigenvalue weighted by Crippen LogP contribution is -3.05. The van der Waals surface area contributed by atoms with E-state index in [4.69, 9.17) is 27.9 Å². The van der Waals surface area contributed by atoms with Crippen LogP contribution in [-0.4, -0.2) is 49.9 Å². The Labute approximate surface area is 204 Å². The Morgan fingerprint density at radius 1 is 1.12 bits per heavy atom. The number of Topliss-reactive ketones (excluding diaryl/α,β-unsaturated/α-hetero) is 1. The van der Waals surface area contributed by atoms with E-state index in [9.17, 15) is 14.7 Å². The number of quaternary nitrogens is 1. The van der Waals surface area contributed by atoms with Crippen LogP contribution in [0.25, 0.3) is 5.76 Å². The van der Waals surface area contributed by atoms with E-state index in [0.717, 1.165) is 6.54 Å². The second-order valence-corrected chi connectivity index (χ2v) is 9.48. The minimum atomic E-state index is -0.869. The van der Waals surface area contributed by atoms with E-state index in [-0.39, 0.29) is 11.7 Å². The average molecular weight is 491 g/mol. The lowest BCUT2D eigenvalue weighted by Gasteiger charge is -2.28. The minimum Gasteiger partial charge on any atom is -0.872 e. The van der Waals surface area contributed by atoms with Crippen molar-refractivity contribution in [3.8, 4) is 5.75 Å². The molecule has 8 heteroatoms. The van der Waals surface area contributed by atoms with Crippen molar-refractivity contribution in [1.29, 1.82) is 0 Å². The van der Waals surface area contributed by atoms with Gasteiger partial charge in [0.25, 0.3) is 5.91 Å². The van der Waals surface area contributed by atoms with Gasteiger partial charge >= 0.3 is 0 Å². The molecule has 2 aromatic carbocycles. The van der Waals surface area contributed by atoms with Crippen LogP contribution in [0.15, 0.2) is 48.0 Å². The van der Waals surface area contributed by atoms with Crippen LogP contribution in [0.1, 0.15) is 37.4 Å². The van der Waals surface area contributed by atoms with Crippen LogP contribution in [0.4, 0.5) is 0 Å². The van der Waals surface area contributed by atoms with Crippen LogP contribution in [-0.2, 0) is 9.59 Å². The monoisotopic (exact) mass is 490 g/mol. The molecule has 1 fully saturated rings. The number of amides is 1. The van der Waals surface area contributed by atoms with E-state index in [0.29, 0.717) is 39.9 Å².